The number of benzene rings is 2. The van der Waals surface area contributed by atoms with Gasteiger partial charge in [0.1, 0.15) is 11.6 Å². The zero-order valence-electron chi connectivity index (χ0n) is 8.35. The smallest absolute Gasteiger partial charge is 0.138 e. The number of anilines is 1. The number of aromatic hydroxyl groups is 1. The van der Waals surface area contributed by atoms with Gasteiger partial charge in [-0.15, -0.1) is 0 Å². The van der Waals surface area contributed by atoms with Crippen LogP contribution in [0.2, 0.25) is 0 Å². The van der Waals surface area contributed by atoms with E-state index in [0.29, 0.717) is 5.69 Å². The van der Waals surface area contributed by atoms with Crippen LogP contribution in [-0.2, 0) is 0 Å². The number of nitrogen functional groups attached to an aromatic ring is 1. The van der Waals surface area contributed by atoms with Crippen molar-refractivity contribution in [3.8, 4) is 5.75 Å². The summed E-state index contributed by atoms with van der Waals surface area (Å²) in [5, 5.41) is 9.26. The first-order valence-corrected chi connectivity index (χ1v) is 5.49. The van der Waals surface area contributed by atoms with Gasteiger partial charge in [-0.25, -0.2) is 4.39 Å². The first kappa shape index (κ1) is 10.8. The molecule has 0 atom stereocenters. The van der Waals surface area contributed by atoms with Crippen LogP contribution in [0.4, 0.5) is 10.1 Å². The summed E-state index contributed by atoms with van der Waals surface area (Å²) in [6.07, 6.45) is 0. The van der Waals surface area contributed by atoms with Crippen LogP contribution in [0, 0.1) is 5.82 Å². The van der Waals surface area contributed by atoms with Gasteiger partial charge in [-0.1, -0.05) is 11.8 Å². The lowest BCUT2D eigenvalue weighted by molar-refractivity contribution is 0.477. The van der Waals surface area contributed by atoms with Gasteiger partial charge in [0.25, 0.3) is 0 Å². The van der Waals surface area contributed by atoms with Gasteiger partial charge in [-0.05, 0) is 42.5 Å². The fourth-order valence-electron chi connectivity index (χ4n) is 1.23. The summed E-state index contributed by atoms with van der Waals surface area (Å²) in [6, 6.07) is 11.2. The van der Waals surface area contributed by atoms with Crippen molar-refractivity contribution in [2.24, 2.45) is 0 Å². The molecule has 0 unspecified atom stereocenters. The van der Waals surface area contributed by atoms with Crippen LogP contribution in [0.1, 0.15) is 0 Å². The monoisotopic (exact) mass is 235 g/mol. The number of rotatable bonds is 2. The molecule has 2 aromatic carbocycles. The molecule has 0 saturated heterocycles. The lowest BCUT2D eigenvalue weighted by atomic mass is 10.3. The molecule has 2 rings (SSSR count). The number of phenolic OH excluding ortho intramolecular Hbond substituents is 1. The molecular formula is C12H10FNOS. The topological polar surface area (TPSA) is 46.2 Å². The molecule has 0 radical (unpaired) electrons. The first-order chi connectivity index (χ1) is 7.65. The number of phenols is 1. The van der Waals surface area contributed by atoms with Crippen LogP contribution in [0.15, 0.2) is 52.3 Å². The number of nitrogens with two attached hydrogens (primary N) is 1. The second-order valence-electron chi connectivity index (χ2n) is 3.28. The predicted octanol–water partition coefficient (Wildman–Crippen LogP) is 3.26. The van der Waals surface area contributed by atoms with Crippen LogP contribution >= 0.6 is 11.8 Å². The van der Waals surface area contributed by atoms with Gasteiger partial charge in [0, 0.05) is 9.79 Å². The van der Waals surface area contributed by atoms with E-state index in [9.17, 15) is 9.50 Å². The molecule has 0 aromatic heterocycles. The van der Waals surface area contributed by atoms with Crippen molar-refractivity contribution in [2.45, 2.75) is 9.79 Å². The Balaban J connectivity index is 2.20. The highest BCUT2D eigenvalue weighted by atomic mass is 32.2. The lowest BCUT2D eigenvalue weighted by Gasteiger charge is -2.04. The molecule has 0 aliphatic heterocycles. The van der Waals surface area contributed by atoms with Crippen LogP contribution < -0.4 is 5.73 Å². The third kappa shape index (κ3) is 2.46. The van der Waals surface area contributed by atoms with Gasteiger partial charge in [0.05, 0.1) is 5.69 Å². The molecule has 0 saturated carbocycles. The van der Waals surface area contributed by atoms with Crippen LogP contribution in [-0.4, -0.2) is 5.11 Å². The van der Waals surface area contributed by atoms with Crippen LogP contribution in [0.3, 0.4) is 0 Å². The fraction of sp³-hybridized carbons (Fsp3) is 0. The minimum atomic E-state index is -0.255. The Labute approximate surface area is 96.9 Å². The maximum atomic E-state index is 12.7. The SMILES string of the molecule is Nc1cc(Sc2ccc(F)cc2)ccc1O. The Kier molecular flexibility index (Phi) is 3.01. The molecule has 2 nitrogen and oxygen atoms in total. The average molecular weight is 235 g/mol. The summed E-state index contributed by atoms with van der Waals surface area (Å²) in [5.41, 5.74) is 5.91. The Bertz CT molecular complexity index is 499. The van der Waals surface area contributed by atoms with Crippen molar-refractivity contribution >= 4 is 17.4 Å². The summed E-state index contributed by atoms with van der Waals surface area (Å²) >= 11 is 1.46. The molecule has 2 aromatic rings. The average Bonchev–Trinajstić information content (AvgIpc) is 2.27. The van der Waals surface area contributed by atoms with Crippen molar-refractivity contribution in [1.82, 2.24) is 0 Å². The molecule has 0 spiro atoms. The third-order valence-electron chi connectivity index (χ3n) is 2.05. The van der Waals surface area contributed by atoms with Crippen molar-refractivity contribution in [1.29, 1.82) is 0 Å². The predicted molar refractivity (Wildman–Crippen MR) is 63.0 cm³/mol. The highest BCUT2D eigenvalue weighted by molar-refractivity contribution is 7.99. The van der Waals surface area contributed by atoms with Gasteiger partial charge in [0.2, 0.25) is 0 Å². The Hall–Kier alpha value is -1.68. The highest BCUT2D eigenvalue weighted by Crippen LogP contribution is 2.31. The number of hydrogen-bond donors (Lipinski definition) is 2. The van der Waals surface area contributed by atoms with E-state index in [1.165, 1.54) is 23.9 Å². The molecule has 3 N–H and O–H groups in total. The van der Waals surface area contributed by atoms with E-state index in [1.54, 1.807) is 30.3 Å². The molecule has 82 valence electrons. The van der Waals surface area contributed by atoms with E-state index < -0.39 is 0 Å². The molecule has 4 heteroatoms. The summed E-state index contributed by atoms with van der Waals surface area (Å²) in [6.45, 7) is 0. The highest BCUT2D eigenvalue weighted by Gasteiger charge is 2.01. The van der Waals surface area contributed by atoms with Gasteiger partial charge in [-0.3, -0.25) is 0 Å². The van der Waals surface area contributed by atoms with E-state index in [4.69, 9.17) is 5.73 Å². The van der Waals surface area contributed by atoms with Crippen LogP contribution in [0.5, 0.6) is 5.75 Å². The van der Waals surface area contributed by atoms with E-state index in [-0.39, 0.29) is 11.6 Å². The van der Waals surface area contributed by atoms with Gasteiger partial charge >= 0.3 is 0 Å². The Morgan fingerprint density at radius 1 is 1.00 bits per heavy atom. The van der Waals surface area contributed by atoms with E-state index in [0.717, 1.165) is 9.79 Å². The van der Waals surface area contributed by atoms with Gasteiger partial charge in [0.15, 0.2) is 0 Å². The van der Waals surface area contributed by atoms with Gasteiger partial charge in [-0.2, -0.15) is 0 Å². The summed E-state index contributed by atoms with van der Waals surface area (Å²) < 4.78 is 12.7. The molecule has 0 heterocycles. The molecular weight excluding hydrogens is 225 g/mol. The minimum Gasteiger partial charge on any atom is -0.506 e. The zero-order chi connectivity index (χ0) is 11.5. The lowest BCUT2D eigenvalue weighted by Crippen LogP contribution is -1.85. The number of hydrogen-bond acceptors (Lipinski definition) is 3. The van der Waals surface area contributed by atoms with E-state index in [1.807, 2.05) is 0 Å². The molecule has 0 aliphatic rings. The largest absolute Gasteiger partial charge is 0.506 e. The van der Waals surface area contributed by atoms with Crippen molar-refractivity contribution in [2.75, 3.05) is 5.73 Å². The normalized spacial score (nSPS) is 10.3. The van der Waals surface area contributed by atoms with Crippen molar-refractivity contribution in [3.05, 3.63) is 48.3 Å². The molecule has 0 fully saturated rings. The third-order valence-corrected chi connectivity index (χ3v) is 3.05. The number of halogens is 1. The van der Waals surface area contributed by atoms with Crippen LogP contribution in [0.25, 0.3) is 0 Å². The van der Waals surface area contributed by atoms with E-state index >= 15 is 0 Å². The fourth-order valence-corrected chi connectivity index (χ4v) is 2.10. The maximum absolute atomic E-state index is 12.7. The van der Waals surface area contributed by atoms with Crippen molar-refractivity contribution in [3.63, 3.8) is 0 Å². The maximum Gasteiger partial charge on any atom is 0.138 e. The summed E-state index contributed by atoms with van der Waals surface area (Å²) in [7, 11) is 0. The van der Waals surface area contributed by atoms with Gasteiger partial charge < -0.3 is 10.8 Å². The summed E-state index contributed by atoms with van der Waals surface area (Å²) in [4.78, 5) is 1.83. The zero-order valence-corrected chi connectivity index (χ0v) is 9.17. The molecule has 0 aliphatic carbocycles. The van der Waals surface area contributed by atoms with Crippen molar-refractivity contribution < 1.29 is 9.50 Å². The quantitative estimate of drug-likeness (QED) is 0.620. The second kappa shape index (κ2) is 4.45. The molecule has 0 amide bonds. The standard InChI is InChI=1S/C12H10FNOS/c13-8-1-3-9(4-2-8)16-10-5-6-12(15)11(14)7-10/h1-7,15H,14H2. The summed E-state index contributed by atoms with van der Waals surface area (Å²) in [5.74, 6) is -0.182. The van der Waals surface area contributed by atoms with E-state index in [2.05, 4.69) is 0 Å². The Morgan fingerprint density at radius 2 is 1.62 bits per heavy atom. The molecule has 16 heavy (non-hydrogen) atoms. The first-order valence-electron chi connectivity index (χ1n) is 4.67. The Morgan fingerprint density at radius 3 is 2.25 bits per heavy atom. The molecule has 0 bridgehead atoms. The second-order valence-corrected chi connectivity index (χ2v) is 4.42. The minimum absolute atomic E-state index is 0.0726.